The largest absolute Gasteiger partial charge is 0.480 e. The van der Waals surface area contributed by atoms with Gasteiger partial charge in [0, 0.05) is 12.6 Å². The zero-order valence-corrected chi connectivity index (χ0v) is 8.43. The first-order valence-corrected chi connectivity index (χ1v) is 4.35. The fourth-order valence-corrected chi connectivity index (χ4v) is 0.989. The van der Waals surface area contributed by atoms with Crippen molar-refractivity contribution in [1.29, 1.82) is 0 Å². The molecule has 0 rings (SSSR count). The number of hydrogen-bond donors (Lipinski definition) is 3. The zero-order valence-electron chi connectivity index (χ0n) is 8.43. The molecule has 5 N–H and O–H groups in total. The van der Waals surface area contributed by atoms with Crippen molar-refractivity contribution in [2.45, 2.75) is 25.9 Å². The lowest BCUT2D eigenvalue weighted by Gasteiger charge is -2.26. The summed E-state index contributed by atoms with van der Waals surface area (Å²) in [7, 11) is 0. The van der Waals surface area contributed by atoms with E-state index in [1.165, 1.54) is 0 Å². The second kappa shape index (κ2) is 5.56. The Morgan fingerprint density at radius 3 is 2.21 bits per heavy atom. The van der Waals surface area contributed by atoms with Gasteiger partial charge in [0.1, 0.15) is 6.04 Å². The van der Waals surface area contributed by atoms with Crippen LogP contribution in [0.3, 0.4) is 0 Å². The number of amides is 1. The quantitative estimate of drug-likeness (QED) is 0.491. The number of nitrogens with zero attached hydrogens (tertiary/aromatic N) is 1. The Morgan fingerprint density at radius 1 is 1.43 bits per heavy atom. The number of carboxylic acids is 1. The minimum absolute atomic E-state index is 0.0264. The number of aliphatic carboxylic acids is 1. The van der Waals surface area contributed by atoms with E-state index in [0.29, 0.717) is 0 Å². The molecule has 0 fully saturated rings. The molecule has 0 aromatic carbocycles. The predicted molar refractivity (Wildman–Crippen MR) is 51.5 cm³/mol. The molecule has 14 heavy (non-hydrogen) atoms. The molecule has 0 saturated carbocycles. The zero-order chi connectivity index (χ0) is 11.3. The Morgan fingerprint density at radius 2 is 1.93 bits per heavy atom. The number of nitrogens with two attached hydrogens (primary N) is 2. The highest BCUT2D eigenvalue weighted by Gasteiger charge is 2.19. The summed E-state index contributed by atoms with van der Waals surface area (Å²) in [5, 5.41) is 8.58. The molecule has 6 heteroatoms. The van der Waals surface area contributed by atoms with Crippen LogP contribution in [-0.4, -0.2) is 47.1 Å². The molecule has 0 aliphatic rings. The van der Waals surface area contributed by atoms with Crippen molar-refractivity contribution < 1.29 is 14.7 Å². The monoisotopic (exact) mass is 203 g/mol. The summed E-state index contributed by atoms with van der Waals surface area (Å²) in [6.45, 7) is 3.84. The van der Waals surface area contributed by atoms with Crippen molar-refractivity contribution in [3.63, 3.8) is 0 Å². The third-order valence-corrected chi connectivity index (χ3v) is 1.84. The van der Waals surface area contributed by atoms with Crippen molar-refractivity contribution in [3.05, 3.63) is 0 Å². The highest BCUT2D eigenvalue weighted by molar-refractivity contribution is 5.76. The highest BCUT2D eigenvalue weighted by atomic mass is 16.4. The van der Waals surface area contributed by atoms with Gasteiger partial charge < -0.3 is 16.6 Å². The van der Waals surface area contributed by atoms with E-state index in [1.54, 1.807) is 4.90 Å². The van der Waals surface area contributed by atoms with E-state index in [0.717, 1.165) is 0 Å². The van der Waals surface area contributed by atoms with Crippen LogP contribution < -0.4 is 11.5 Å². The Labute approximate surface area is 82.9 Å². The second-order valence-electron chi connectivity index (χ2n) is 3.43. The molecule has 1 amide bonds. The summed E-state index contributed by atoms with van der Waals surface area (Å²) in [6.07, 6.45) is 0. The third-order valence-electron chi connectivity index (χ3n) is 1.84. The fraction of sp³-hybridized carbons (Fsp3) is 0.750. The van der Waals surface area contributed by atoms with E-state index in [1.807, 2.05) is 13.8 Å². The Bertz CT molecular complexity index is 218. The maximum atomic E-state index is 10.7. The molecule has 0 bridgehead atoms. The van der Waals surface area contributed by atoms with Gasteiger partial charge in [0.05, 0.1) is 6.54 Å². The summed E-state index contributed by atoms with van der Waals surface area (Å²) in [4.78, 5) is 22.8. The minimum Gasteiger partial charge on any atom is -0.480 e. The van der Waals surface area contributed by atoms with Crippen LogP contribution in [0.5, 0.6) is 0 Å². The summed E-state index contributed by atoms with van der Waals surface area (Å²) in [6, 6.07) is -0.954. The van der Waals surface area contributed by atoms with Crippen molar-refractivity contribution in [1.82, 2.24) is 4.90 Å². The molecule has 0 aliphatic carbocycles. The molecular formula is C8H17N3O3. The Kier molecular flexibility index (Phi) is 5.11. The van der Waals surface area contributed by atoms with Crippen LogP contribution in [0.1, 0.15) is 13.8 Å². The molecule has 0 aromatic rings. The van der Waals surface area contributed by atoms with Crippen molar-refractivity contribution in [2.75, 3.05) is 13.1 Å². The Balaban J connectivity index is 4.22. The molecule has 0 aliphatic heterocycles. The van der Waals surface area contributed by atoms with Crippen LogP contribution >= 0.6 is 0 Å². The number of carbonyl (C=O) groups is 2. The first-order valence-electron chi connectivity index (χ1n) is 4.35. The molecule has 0 spiro atoms. The maximum absolute atomic E-state index is 10.7. The average Bonchev–Trinajstić information content (AvgIpc) is 2.01. The molecule has 6 nitrogen and oxygen atoms in total. The lowest BCUT2D eigenvalue weighted by Crippen LogP contribution is -2.48. The van der Waals surface area contributed by atoms with Gasteiger partial charge in [-0.15, -0.1) is 0 Å². The Hall–Kier alpha value is -1.14. The van der Waals surface area contributed by atoms with Gasteiger partial charge in [-0.25, -0.2) is 0 Å². The molecular weight excluding hydrogens is 186 g/mol. The summed E-state index contributed by atoms with van der Waals surface area (Å²) < 4.78 is 0. The van der Waals surface area contributed by atoms with E-state index in [4.69, 9.17) is 16.6 Å². The van der Waals surface area contributed by atoms with Crippen molar-refractivity contribution in [3.8, 4) is 0 Å². The van der Waals surface area contributed by atoms with Gasteiger partial charge in [-0.05, 0) is 13.8 Å². The third kappa shape index (κ3) is 4.78. The SMILES string of the molecule is CC(C)N(CC(N)=O)CC(N)C(=O)O. The smallest absolute Gasteiger partial charge is 0.321 e. The van der Waals surface area contributed by atoms with Crippen molar-refractivity contribution >= 4 is 11.9 Å². The van der Waals surface area contributed by atoms with E-state index in [9.17, 15) is 9.59 Å². The normalized spacial score (nSPS) is 13.2. The van der Waals surface area contributed by atoms with Gasteiger partial charge in [-0.1, -0.05) is 0 Å². The fourth-order valence-electron chi connectivity index (χ4n) is 0.989. The topological polar surface area (TPSA) is 110 Å². The lowest BCUT2D eigenvalue weighted by molar-refractivity contribution is -0.139. The lowest BCUT2D eigenvalue weighted by atomic mass is 10.2. The average molecular weight is 203 g/mol. The van der Waals surface area contributed by atoms with Gasteiger partial charge >= 0.3 is 5.97 Å². The molecule has 82 valence electrons. The van der Waals surface area contributed by atoms with Gasteiger partial charge in [-0.2, -0.15) is 0 Å². The number of primary amides is 1. The first-order chi connectivity index (χ1) is 6.34. The molecule has 0 saturated heterocycles. The highest BCUT2D eigenvalue weighted by Crippen LogP contribution is 1.98. The molecule has 1 atom stereocenters. The molecule has 0 aromatic heterocycles. The van der Waals surface area contributed by atoms with Gasteiger partial charge in [0.15, 0.2) is 0 Å². The number of hydrogen-bond acceptors (Lipinski definition) is 4. The van der Waals surface area contributed by atoms with E-state index in [2.05, 4.69) is 0 Å². The van der Waals surface area contributed by atoms with Crippen LogP contribution in [0, 0.1) is 0 Å². The summed E-state index contributed by atoms with van der Waals surface area (Å²) in [5.41, 5.74) is 10.4. The van der Waals surface area contributed by atoms with E-state index in [-0.39, 0.29) is 19.1 Å². The summed E-state index contributed by atoms with van der Waals surface area (Å²) in [5.74, 6) is -1.57. The first kappa shape index (κ1) is 12.9. The van der Waals surface area contributed by atoms with Crippen molar-refractivity contribution in [2.24, 2.45) is 11.5 Å². The van der Waals surface area contributed by atoms with Crippen LogP contribution in [0.2, 0.25) is 0 Å². The van der Waals surface area contributed by atoms with Crippen LogP contribution in [0.4, 0.5) is 0 Å². The second-order valence-corrected chi connectivity index (χ2v) is 3.43. The minimum atomic E-state index is -1.08. The van der Waals surface area contributed by atoms with Gasteiger partial charge in [0.25, 0.3) is 0 Å². The summed E-state index contributed by atoms with van der Waals surface area (Å²) >= 11 is 0. The number of carboxylic acid groups (broad SMARTS) is 1. The predicted octanol–water partition coefficient (Wildman–Crippen LogP) is -1.41. The number of carbonyl (C=O) groups excluding carboxylic acids is 1. The standard InChI is InChI=1S/C8H17N3O3/c1-5(2)11(4-7(10)12)3-6(9)8(13)14/h5-6H,3-4,9H2,1-2H3,(H2,10,12)(H,13,14). The van der Waals surface area contributed by atoms with Gasteiger partial charge in [-0.3, -0.25) is 14.5 Å². The molecule has 0 radical (unpaired) electrons. The van der Waals surface area contributed by atoms with E-state index < -0.39 is 17.9 Å². The molecule has 1 unspecified atom stereocenters. The van der Waals surface area contributed by atoms with E-state index >= 15 is 0 Å². The number of rotatable bonds is 6. The van der Waals surface area contributed by atoms with Crippen LogP contribution in [0.15, 0.2) is 0 Å². The van der Waals surface area contributed by atoms with Crippen LogP contribution in [-0.2, 0) is 9.59 Å². The maximum Gasteiger partial charge on any atom is 0.321 e. The van der Waals surface area contributed by atoms with Crippen LogP contribution in [0.25, 0.3) is 0 Å². The molecule has 0 heterocycles. The van der Waals surface area contributed by atoms with Gasteiger partial charge in [0.2, 0.25) is 5.91 Å².